The number of imidazole rings is 2. The second-order valence-corrected chi connectivity index (χ2v) is 7.49. The molecule has 0 bridgehead atoms. The number of benzene rings is 2. The summed E-state index contributed by atoms with van der Waals surface area (Å²) in [6, 6.07) is 9.82. The molecule has 0 aliphatic heterocycles. The number of carbonyl (C=O) groups is 1. The van der Waals surface area contributed by atoms with Gasteiger partial charge in [0.1, 0.15) is 5.82 Å². The Labute approximate surface area is 166 Å². The van der Waals surface area contributed by atoms with E-state index in [0.717, 1.165) is 16.2 Å². The zero-order valence-corrected chi connectivity index (χ0v) is 15.8. The number of nitrogens with one attached hydrogen (secondary N) is 3. The lowest BCUT2D eigenvalue weighted by Crippen LogP contribution is -2.12. The SMILES string of the molecule is O=C(Nc1ccc(-c2cn3ccsc3n2)cc1)c1cc(F)cc2[nH]c(=S)[nH]c12. The quantitative estimate of drug-likeness (QED) is 0.367. The number of hydrogen-bond donors (Lipinski definition) is 3. The largest absolute Gasteiger partial charge is 0.331 e. The minimum absolute atomic E-state index is 0.181. The Kier molecular flexibility index (Phi) is 3.85. The van der Waals surface area contributed by atoms with Gasteiger partial charge in [-0.05, 0) is 36.5 Å². The first-order chi connectivity index (χ1) is 13.6. The van der Waals surface area contributed by atoms with E-state index in [4.69, 9.17) is 12.2 Å². The maximum atomic E-state index is 13.9. The molecule has 0 aliphatic rings. The summed E-state index contributed by atoms with van der Waals surface area (Å²) < 4.78 is 16.1. The van der Waals surface area contributed by atoms with Crippen molar-refractivity contribution in [2.75, 3.05) is 5.32 Å². The fourth-order valence-electron chi connectivity index (χ4n) is 3.08. The number of amides is 1. The molecule has 0 aliphatic carbocycles. The monoisotopic (exact) mass is 409 g/mol. The number of anilines is 1. The molecule has 0 spiro atoms. The van der Waals surface area contributed by atoms with Gasteiger partial charge in [-0.15, -0.1) is 11.3 Å². The summed E-state index contributed by atoms with van der Waals surface area (Å²) in [5.74, 6) is -0.942. The van der Waals surface area contributed by atoms with Crippen LogP contribution in [-0.4, -0.2) is 25.3 Å². The second-order valence-electron chi connectivity index (χ2n) is 6.21. The molecule has 138 valence electrons. The molecule has 6 nitrogen and oxygen atoms in total. The predicted molar refractivity (Wildman–Crippen MR) is 110 cm³/mol. The lowest BCUT2D eigenvalue weighted by atomic mass is 10.1. The zero-order chi connectivity index (χ0) is 19.3. The molecule has 0 radical (unpaired) electrons. The van der Waals surface area contributed by atoms with E-state index in [1.165, 1.54) is 12.1 Å². The van der Waals surface area contributed by atoms with Gasteiger partial charge in [-0.3, -0.25) is 9.20 Å². The predicted octanol–water partition coefficient (Wildman–Crippen LogP) is 4.99. The average Bonchev–Trinajstić information content (AvgIpc) is 3.35. The molecule has 28 heavy (non-hydrogen) atoms. The number of nitrogens with zero attached hydrogens (tertiary/aromatic N) is 2. The van der Waals surface area contributed by atoms with Crippen molar-refractivity contribution in [1.82, 2.24) is 19.4 Å². The highest BCUT2D eigenvalue weighted by molar-refractivity contribution is 7.71. The Morgan fingerprint density at radius 3 is 2.82 bits per heavy atom. The van der Waals surface area contributed by atoms with Crippen LogP contribution in [0.5, 0.6) is 0 Å². The van der Waals surface area contributed by atoms with Crippen LogP contribution in [0.25, 0.3) is 27.3 Å². The number of aromatic nitrogens is 4. The third-order valence-corrected chi connectivity index (χ3v) is 5.34. The summed E-state index contributed by atoms with van der Waals surface area (Å²) in [7, 11) is 0. The number of H-pyrrole nitrogens is 2. The topological polar surface area (TPSA) is 78.0 Å². The van der Waals surface area contributed by atoms with Crippen LogP contribution >= 0.6 is 23.6 Å². The Hall–Kier alpha value is -3.30. The van der Waals surface area contributed by atoms with Crippen molar-refractivity contribution in [3.8, 4) is 11.3 Å². The van der Waals surface area contributed by atoms with Gasteiger partial charge in [0.15, 0.2) is 9.73 Å². The molecule has 0 atom stereocenters. The van der Waals surface area contributed by atoms with Crippen LogP contribution in [-0.2, 0) is 0 Å². The second kappa shape index (κ2) is 6.39. The van der Waals surface area contributed by atoms with E-state index in [1.54, 1.807) is 23.5 Å². The highest BCUT2D eigenvalue weighted by Gasteiger charge is 2.14. The van der Waals surface area contributed by atoms with Gasteiger partial charge in [0, 0.05) is 29.0 Å². The highest BCUT2D eigenvalue weighted by atomic mass is 32.1. The Balaban J connectivity index is 1.42. The minimum atomic E-state index is -0.516. The zero-order valence-electron chi connectivity index (χ0n) is 14.2. The molecular weight excluding hydrogens is 397 g/mol. The number of halogens is 1. The van der Waals surface area contributed by atoms with E-state index in [1.807, 2.05) is 34.3 Å². The number of thiazole rings is 1. The smallest absolute Gasteiger partial charge is 0.257 e. The maximum Gasteiger partial charge on any atom is 0.257 e. The summed E-state index contributed by atoms with van der Waals surface area (Å²) >= 11 is 6.61. The number of aromatic amines is 2. The van der Waals surface area contributed by atoms with Crippen LogP contribution in [0.2, 0.25) is 0 Å². The molecule has 0 saturated heterocycles. The first-order valence-electron chi connectivity index (χ1n) is 8.32. The third kappa shape index (κ3) is 2.90. The first-order valence-corrected chi connectivity index (χ1v) is 9.61. The molecule has 5 rings (SSSR count). The number of rotatable bonds is 3. The van der Waals surface area contributed by atoms with Crippen LogP contribution in [0, 0.1) is 10.6 Å². The van der Waals surface area contributed by atoms with E-state index in [0.29, 0.717) is 21.5 Å². The number of hydrogen-bond acceptors (Lipinski definition) is 4. The van der Waals surface area contributed by atoms with E-state index in [-0.39, 0.29) is 5.56 Å². The first kappa shape index (κ1) is 16.8. The van der Waals surface area contributed by atoms with E-state index in [9.17, 15) is 9.18 Å². The molecule has 0 fully saturated rings. The van der Waals surface area contributed by atoms with Gasteiger partial charge in [-0.2, -0.15) is 0 Å². The van der Waals surface area contributed by atoms with Crippen LogP contribution in [0.1, 0.15) is 10.4 Å². The van der Waals surface area contributed by atoms with Gasteiger partial charge in [0.2, 0.25) is 0 Å². The summed E-state index contributed by atoms with van der Waals surface area (Å²) in [5.41, 5.74) is 3.50. The van der Waals surface area contributed by atoms with Gasteiger partial charge in [-0.1, -0.05) is 12.1 Å². The average molecular weight is 409 g/mol. The molecule has 0 saturated carbocycles. The lowest BCUT2D eigenvalue weighted by Gasteiger charge is -2.07. The Morgan fingerprint density at radius 2 is 2.04 bits per heavy atom. The Bertz CT molecular complexity index is 1370. The summed E-state index contributed by atoms with van der Waals surface area (Å²) in [4.78, 5) is 23.9. The van der Waals surface area contributed by atoms with Crippen molar-refractivity contribution in [2.45, 2.75) is 0 Å². The molecule has 1 amide bonds. The molecular formula is C19H12FN5OS2. The van der Waals surface area contributed by atoms with Crippen molar-refractivity contribution in [3.63, 3.8) is 0 Å². The summed E-state index contributed by atoms with van der Waals surface area (Å²) in [5, 5.41) is 4.77. The number of carbonyl (C=O) groups excluding carboxylic acids is 1. The fourth-order valence-corrected chi connectivity index (χ4v) is 3.99. The highest BCUT2D eigenvalue weighted by Crippen LogP contribution is 2.24. The van der Waals surface area contributed by atoms with Crippen molar-refractivity contribution in [2.24, 2.45) is 0 Å². The van der Waals surface area contributed by atoms with Gasteiger partial charge >= 0.3 is 0 Å². The van der Waals surface area contributed by atoms with Crippen LogP contribution in [0.3, 0.4) is 0 Å². The van der Waals surface area contributed by atoms with Crippen LogP contribution in [0.15, 0.2) is 54.2 Å². The van der Waals surface area contributed by atoms with Gasteiger partial charge in [0.25, 0.3) is 5.91 Å². The molecule has 5 aromatic rings. The van der Waals surface area contributed by atoms with Crippen molar-refractivity contribution in [1.29, 1.82) is 0 Å². The fraction of sp³-hybridized carbons (Fsp3) is 0. The van der Waals surface area contributed by atoms with Crippen molar-refractivity contribution in [3.05, 3.63) is 70.3 Å². The maximum absolute atomic E-state index is 13.9. The van der Waals surface area contributed by atoms with Gasteiger partial charge < -0.3 is 15.3 Å². The minimum Gasteiger partial charge on any atom is -0.331 e. The van der Waals surface area contributed by atoms with E-state index in [2.05, 4.69) is 20.3 Å². The molecule has 3 N–H and O–H groups in total. The van der Waals surface area contributed by atoms with E-state index >= 15 is 0 Å². The van der Waals surface area contributed by atoms with Crippen LogP contribution in [0.4, 0.5) is 10.1 Å². The number of fused-ring (bicyclic) bond motifs is 2. The Morgan fingerprint density at radius 1 is 1.21 bits per heavy atom. The molecule has 3 aromatic heterocycles. The third-order valence-electron chi connectivity index (χ3n) is 4.37. The molecule has 2 aromatic carbocycles. The van der Waals surface area contributed by atoms with Gasteiger partial charge in [-0.25, -0.2) is 9.37 Å². The summed E-state index contributed by atoms with van der Waals surface area (Å²) in [6.45, 7) is 0. The lowest BCUT2D eigenvalue weighted by molar-refractivity contribution is 0.102. The standard InChI is InChI=1S/C19H12FN5OS2/c20-11-7-13(16-14(8-11)22-18(27)24-16)17(26)21-12-3-1-10(2-4-12)15-9-25-5-6-28-19(25)23-15/h1-9H,(H,21,26)(H2,22,24,27). The van der Waals surface area contributed by atoms with Gasteiger partial charge in [0.05, 0.1) is 22.3 Å². The normalized spacial score (nSPS) is 11.3. The van der Waals surface area contributed by atoms with Crippen molar-refractivity contribution >= 4 is 51.1 Å². The van der Waals surface area contributed by atoms with E-state index < -0.39 is 11.7 Å². The molecule has 0 unspecified atom stereocenters. The van der Waals surface area contributed by atoms with Crippen LogP contribution < -0.4 is 5.32 Å². The van der Waals surface area contributed by atoms with Crippen molar-refractivity contribution < 1.29 is 9.18 Å². The summed E-state index contributed by atoms with van der Waals surface area (Å²) in [6.07, 6.45) is 3.91. The molecule has 9 heteroatoms. The molecule has 3 heterocycles.